The average Bonchev–Trinajstić information content (AvgIpc) is 2.24. The van der Waals surface area contributed by atoms with Crippen molar-refractivity contribution >= 4 is 12.2 Å². The Kier molecular flexibility index (Phi) is 4.98. The zero-order valence-electron chi connectivity index (χ0n) is 11.9. The average molecular weight is 263 g/mol. The minimum Gasteiger partial charge on any atom is -0.507 e. The number of aromatic hydroxyl groups is 1. The highest BCUT2D eigenvalue weighted by Gasteiger charge is 2.14. The van der Waals surface area contributed by atoms with Gasteiger partial charge >= 0.3 is 6.09 Å². The van der Waals surface area contributed by atoms with E-state index in [0.717, 1.165) is 11.1 Å². The first-order valence-electron chi connectivity index (χ1n) is 6.21. The lowest BCUT2D eigenvalue weighted by atomic mass is 10.1. The van der Waals surface area contributed by atoms with Crippen LogP contribution in [0, 0.1) is 6.92 Å². The molecule has 4 nitrogen and oxygen atoms in total. The molecule has 0 bridgehead atoms. The van der Waals surface area contributed by atoms with Gasteiger partial charge in [-0.25, -0.2) is 4.79 Å². The largest absolute Gasteiger partial charge is 0.507 e. The fourth-order valence-corrected chi connectivity index (χ4v) is 1.44. The zero-order valence-corrected chi connectivity index (χ0v) is 11.9. The van der Waals surface area contributed by atoms with Crippen LogP contribution >= 0.6 is 0 Å². The summed E-state index contributed by atoms with van der Waals surface area (Å²) in [6.45, 7) is 7.70. The normalized spacial score (nSPS) is 11.6. The Morgan fingerprint density at radius 3 is 2.68 bits per heavy atom. The van der Waals surface area contributed by atoms with Crippen molar-refractivity contribution in [3.05, 3.63) is 35.4 Å². The van der Waals surface area contributed by atoms with E-state index in [1.807, 2.05) is 39.8 Å². The Balaban J connectivity index is 2.44. The van der Waals surface area contributed by atoms with Gasteiger partial charge < -0.3 is 15.2 Å². The van der Waals surface area contributed by atoms with Crippen molar-refractivity contribution in [2.75, 3.05) is 6.54 Å². The molecule has 104 valence electrons. The number of phenols is 1. The molecule has 0 aliphatic rings. The molecule has 1 rings (SSSR count). The molecule has 19 heavy (non-hydrogen) atoms. The molecular formula is C15H21NO3. The van der Waals surface area contributed by atoms with Crippen LogP contribution < -0.4 is 5.32 Å². The fourth-order valence-electron chi connectivity index (χ4n) is 1.44. The quantitative estimate of drug-likeness (QED) is 0.880. The summed E-state index contributed by atoms with van der Waals surface area (Å²) in [6.07, 6.45) is 3.06. The molecule has 0 aliphatic heterocycles. The molecule has 1 aromatic rings. The zero-order chi connectivity index (χ0) is 14.5. The number of carbonyl (C=O) groups excluding carboxylic acids is 1. The van der Waals surface area contributed by atoms with E-state index >= 15 is 0 Å². The van der Waals surface area contributed by atoms with Gasteiger partial charge in [-0.1, -0.05) is 24.3 Å². The van der Waals surface area contributed by atoms with Crippen molar-refractivity contribution in [1.29, 1.82) is 0 Å². The summed E-state index contributed by atoms with van der Waals surface area (Å²) >= 11 is 0. The molecule has 4 heteroatoms. The Hall–Kier alpha value is -1.97. The standard InChI is InChI=1S/C15H21NO3/c1-11-7-8-12(13(17)10-11)6-5-9-16-14(18)19-15(2,3)4/h5-8,10,17H,9H2,1-4H3,(H,16,18). The van der Waals surface area contributed by atoms with Gasteiger partial charge in [0.1, 0.15) is 11.4 Å². The molecule has 2 N–H and O–H groups in total. The first-order valence-corrected chi connectivity index (χ1v) is 6.21. The van der Waals surface area contributed by atoms with Gasteiger partial charge in [0, 0.05) is 12.1 Å². The summed E-state index contributed by atoms with van der Waals surface area (Å²) < 4.78 is 5.10. The molecule has 0 atom stereocenters. The summed E-state index contributed by atoms with van der Waals surface area (Å²) in [7, 11) is 0. The summed E-state index contributed by atoms with van der Waals surface area (Å²) in [5.74, 6) is 0.230. The maximum atomic E-state index is 11.4. The van der Waals surface area contributed by atoms with Crippen LogP contribution in [0.2, 0.25) is 0 Å². The number of aryl methyl sites for hydroxylation is 1. The van der Waals surface area contributed by atoms with Gasteiger partial charge in [0.2, 0.25) is 0 Å². The summed E-state index contributed by atoms with van der Waals surface area (Å²) in [5, 5.41) is 12.3. The lowest BCUT2D eigenvalue weighted by Crippen LogP contribution is -2.32. The Labute approximate surface area is 114 Å². The van der Waals surface area contributed by atoms with Gasteiger partial charge in [-0.2, -0.15) is 0 Å². The van der Waals surface area contributed by atoms with Crippen molar-refractivity contribution in [2.24, 2.45) is 0 Å². The molecule has 0 aliphatic carbocycles. The van der Waals surface area contributed by atoms with Crippen LogP contribution in [0.1, 0.15) is 31.9 Å². The monoisotopic (exact) mass is 263 g/mol. The number of amides is 1. The van der Waals surface area contributed by atoms with E-state index in [0.29, 0.717) is 6.54 Å². The second-order valence-electron chi connectivity index (χ2n) is 5.35. The third-order valence-electron chi connectivity index (χ3n) is 2.25. The Bertz CT molecular complexity index is 473. The third kappa shape index (κ3) is 5.95. The van der Waals surface area contributed by atoms with E-state index in [2.05, 4.69) is 5.32 Å². The fraction of sp³-hybridized carbons (Fsp3) is 0.400. The maximum Gasteiger partial charge on any atom is 0.407 e. The first-order chi connectivity index (χ1) is 8.78. The Morgan fingerprint density at radius 2 is 2.11 bits per heavy atom. The van der Waals surface area contributed by atoms with E-state index < -0.39 is 11.7 Å². The molecule has 0 radical (unpaired) electrons. The molecule has 1 aromatic carbocycles. The van der Waals surface area contributed by atoms with E-state index in [9.17, 15) is 9.90 Å². The minimum atomic E-state index is -0.497. The number of phenolic OH excluding ortho intramolecular Hbond substituents is 1. The summed E-state index contributed by atoms with van der Waals surface area (Å²) in [5.41, 5.74) is 1.22. The second kappa shape index (κ2) is 6.27. The molecule has 0 aromatic heterocycles. The van der Waals surface area contributed by atoms with Crippen LogP contribution in [0.3, 0.4) is 0 Å². The predicted molar refractivity (Wildman–Crippen MR) is 76.1 cm³/mol. The maximum absolute atomic E-state index is 11.4. The Morgan fingerprint density at radius 1 is 1.42 bits per heavy atom. The molecule has 1 amide bonds. The summed E-state index contributed by atoms with van der Waals surface area (Å²) in [6, 6.07) is 5.44. The minimum absolute atomic E-state index is 0.230. The van der Waals surface area contributed by atoms with Crippen LogP contribution in [0.25, 0.3) is 6.08 Å². The molecule has 0 fully saturated rings. The molecule has 0 saturated heterocycles. The van der Waals surface area contributed by atoms with Gasteiger partial charge in [0.25, 0.3) is 0 Å². The van der Waals surface area contributed by atoms with Crippen molar-refractivity contribution in [2.45, 2.75) is 33.3 Å². The highest BCUT2D eigenvalue weighted by molar-refractivity contribution is 5.68. The van der Waals surface area contributed by atoms with Crippen LogP contribution in [-0.4, -0.2) is 23.3 Å². The molecule has 0 spiro atoms. The smallest absolute Gasteiger partial charge is 0.407 e. The number of ether oxygens (including phenoxy) is 1. The van der Waals surface area contributed by atoms with E-state index in [-0.39, 0.29) is 5.75 Å². The number of carbonyl (C=O) groups is 1. The van der Waals surface area contributed by atoms with Crippen molar-refractivity contribution in [3.63, 3.8) is 0 Å². The first kappa shape index (κ1) is 15.1. The van der Waals surface area contributed by atoms with Gasteiger partial charge in [-0.3, -0.25) is 0 Å². The van der Waals surface area contributed by atoms with E-state index in [4.69, 9.17) is 4.74 Å². The second-order valence-corrected chi connectivity index (χ2v) is 5.35. The van der Waals surface area contributed by atoms with Crippen LogP contribution in [-0.2, 0) is 4.74 Å². The van der Waals surface area contributed by atoms with Crippen molar-refractivity contribution in [3.8, 4) is 5.75 Å². The van der Waals surface area contributed by atoms with Crippen LogP contribution in [0.5, 0.6) is 5.75 Å². The van der Waals surface area contributed by atoms with Gasteiger partial charge in [0.05, 0.1) is 0 Å². The van der Waals surface area contributed by atoms with Gasteiger partial charge in [0.15, 0.2) is 0 Å². The topological polar surface area (TPSA) is 58.6 Å². The highest BCUT2D eigenvalue weighted by atomic mass is 16.6. The predicted octanol–water partition coefficient (Wildman–Crippen LogP) is 3.24. The van der Waals surface area contributed by atoms with Crippen molar-refractivity contribution in [1.82, 2.24) is 5.32 Å². The lowest BCUT2D eigenvalue weighted by molar-refractivity contribution is 0.0534. The number of hydrogen-bond acceptors (Lipinski definition) is 3. The number of alkyl carbamates (subject to hydrolysis) is 1. The number of nitrogens with one attached hydrogen (secondary N) is 1. The summed E-state index contributed by atoms with van der Waals surface area (Å²) in [4.78, 5) is 11.4. The molecule has 0 unspecified atom stereocenters. The SMILES string of the molecule is Cc1ccc(C=CCNC(=O)OC(C)(C)C)c(O)c1. The van der Waals surface area contributed by atoms with E-state index in [1.54, 1.807) is 18.2 Å². The van der Waals surface area contributed by atoms with Crippen LogP contribution in [0.15, 0.2) is 24.3 Å². The number of benzene rings is 1. The van der Waals surface area contributed by atoms with Crippen LogP contribution in [0.4, 0.5) is 4.79 Å². The molecule has 0 saturated carbocycles. The van der Waals surface area contributed by atoms with Crippen molar-refractivity contribution < 1.29 is 14.6 Å². The number of hydrogen-bond donors (Lipinski definition) is 2. The van der Waals surface area contributed by atoms with Gasteiger partial charge in [-0.15, -0.1) is 0 Å². The molecule has 0 heterocycles. The number of rotatable bonds is 3. The lowest BCUT2D eigenvalue weighted by Gasteiger charge is -2.19. The third-order valence-corrected chi connectivity index (χ3v) is 2.25. The highest BCUT2D eigenvalue weighted by Crippen LogP contribution is 2.19. The van der Waals surface area contributed by atoms with Gasteiger partial charge in [-0.05, 0) is 39.3 Å². The molecular weight excluding hydrogens is 242 g/mol. The van der Waals surface area contributed by atoms with E-state index in [1.165, 1.54) is 0 Å².